The van der Waals surface area contributed by atoms with Crippen LogP contribution in [0.3, 0.4) is 0 Å². The zero-order valence-corrected chi connectivity index (χ0v) is 8.77. The second kappa shape index (κ2) is 5.65. The lowest BCUT2D eigenvalue weighted by molar-refractivity contribution is 1.18. The van der Waals surface area contributed by atoms with Crippen LogP contribution in [0.1, 0.15) is 5.56 Å². The molecule has 0 aromatic heterocycles. The molecule has 70 valence electrons. The number of benzene rings is 1. The standard InChI is InChI=1S/C10H14N2S/c1-11-10(12-2)13-8-9-6-4-3-5-7-9/h3-7H,8H2,1-2H3,(H,11,12). The first-order valence-corrected chi connectivity index (χ1v) is 5.16. The Bertz CT molecular complexity index is 270. The monoisotopic (exact) mass is 194 g/mol. The molecule has 1 aromatic carbocycles. The Morgan fingerprint density at radius 1 is 1.38 bits per heavy atom. The predicted octanol–water partition coefficient (Wildman–Crippen LogP) is 2.12. The Morgan fingerprint density at radius 3 is 2.62 bits per heavy atom. The van der Waals surface area contributed by atoms with Crippen molar-refractivity contribution in [2.45, 2.75) is 5.75 Å². The number of nitrogens with zero attached hydrogens (tertiary/aromatic N) is 1. The Hall–Kier alpha value is -0.960. The van der Waals surface area contributed by atoms with Crippen molar-refractivity contribution in [2.24, 2.45) is 4.99 Å². The molecule has 1 rings (SSSR count). The summed E-state index contributed by atoms with van der Waals surface area (Å²) >= 11 is 1.71. The van der Waals surface area contributed by atoms with Crippen molar-refractivity contribution in [3.63, 3.8) is 0 Å². The van der Waals surface area contributed by atoms with Crippen molar-refractivity contribution in [1.29, 1.82) is 0 Å². The molecular weight excluding hydrogens is 180 g/mol. The number of thioether (sulfide) groups is 1. The minimum atomic E-state index is 0.967. The van der Waals surface area contributed by atoms with Gasteiger partial charge in [-0.15, -0.1) is 0 Å². The smallest absolute Gasteiger partial charge is 0.156 e. The molecule has 0 saturated carbocycles. The van der Waals surface area contributed by atoms with E-state index in [1.165, 1.54) is 5.56 Å². The van der Waals surface area contributed by atoms with Crippen LogP contribution in [0, 0.1) is 0 Å². The predicted molar refractivity (Wildman–Crippen MR) is 60.2 cm³/mol. The topological polar surface area (TPSA) is 24.4 Å². The van der Waals surface area contributed by atoms with E-state index in [1.54, 1.807) is 18.8 Å². The van der Waals surface area contributed by atoms with E-state index in [0.717, 1.165) is 10.9 Å². The van der Waals surface area contributed by atoms with Gasteiger partial charge in [0.05, 0.1) is 0 Å². The molecule has 0 heterocycles. The lowest BCUT2D eigenvalue weighted by Crippen LogP contribution is -2.13. The summed E-state index contributed by atoms with van der Waals surface area (Å²) in [5.41, 5.74) is 1.32. The molecule has 13 heavy (non-hydrogen) atoms. The van der Waals surface area contributed by atoms with Crippen LogP contribution >= 0.6 is 11.8 Å². The minimum absolute atomic E-state index is 0.967. The zero-order chi connectivity index (χ0) is 9.52. The van der Waals surface area contributed by atoms with Crippen molar-refractivity contribution in [3.8, 4) is 0 Å². The van der Waals surface area contributed by atoms with Gasteiger partial charge in [0.1, 0.15) is 0 Å². The second-order valence-corrected chi connectivity index (χ2v) is 3.52. The van der Waals surface area contributed by atoms with Gasteiger partial charge in [0.2, 0.25) is 0 Å². The Kier molecular flexibility index (Phi) is 4.40. The van der Waals surface area contributed by atoms with Crippen molar-refractivity contribution >= 4 is 16.9 Å². The van der Waals surface area contributed by atoms with Gasteiger partial charge >= 0.3 is 0 Å². The van der Waals surface area contributed by atoms with Gasteiger partial charge in [-0.25, -0.2) is 0 Å². The molecule has 1 N–H and O–H groups in total. The van der Waals surface area contributed by atoms with E-state index >= 15 is 0 Å². The van der Waals surface area contributed by atoms with E-state index in [4.69, 9.17) is 0 Å². The van der Waals surface area contributed by atoms with Crippen LogP contribution in [0.4, 0.5) is 0 Å². The summed E-state index contributed by atoms with van der Waals surface area (Å²) in [5.74, 6) is 0.967. The van der Waals surface area contributed by atoms with Gasteiger partial charge in [-0.05, 0) is 5.56 Å². The number of amidine groups is 1. The lowest BCUT2D eigenvalue weighted by Gasteiger charge is -2.03. The Balaban J connectivity index is 2.43. The number of nitrogens with one attached hydrogen (secondary N) is 1. The molecule has 1 aromatic rings. The lowest BCUT2D eigenvalue weighted by atomic mass is 10.2. The highest BCUT2D eigenvalue weighted by Gasteiger charge is 1.96. The van der Waals surface area contributed by atoms with Gasteiger partial charge in [0, 0.05) is 19.8 Å². The highest BCUT2D eigenvalue weighted by Crippen LogP contribution is 2.11. The molecule has 3 heteroatoms. The molecule has 2 nitrogen and oxygen atoms in total. The van der Waals surface area contributed by atoms with Crippen molar-refractivity contribution in [3.05, 3.63) is 35.9 Å². The molecule has 0 radical (unpaired) electrons. The molecule has 0 unspecified atom stereocenters. The minimum Gasteiger partial charge on any atom is -0.368 e. The largest absolute Gasteiger partial charge is 0.368 e. The summed E-state index contributed by atoms with van der Waals surface area (Å²) in [6.07, 6.45) is 0. The Labute approximate surface area is 83.5 Å². The molecule has 0 fully saturated rings. The van der Waals surface area contributed by atoms with Gasteiger partial charge in [0.15, 0.2) is 5.17 Å². The molecule has 0 aliphatic carbocycles. The number of hydrogen-bond acceptors (Lipinski definition) is 2. The van der Waals surface area contributed by atoms with Crippen molar-refractivity contribution in [2.75, 3.05) is 14.1 Å². The average Bonchev–Trinajstić information content (AvgIpc) is 2.21. The van der Waals surface area contributed by atoms with E-state index in [0.29, 0.717) is 0 Å². The maximum absolute atomic E-state index is 4.09. The molecule has 0 bridgehead atoms. The van der Waals surface area contributed by atoms with Crippen molar-refractivity contribution in [1.82, 2.24) is 5.32 Å². The molecule has 0 aliphatic rings. The first-order valence-electron chi connectivity index (χ1n) is 4.18. The van der Waals surface area contributed by atoms with Crippen molar-refractivity contribution < 1.29 is 0 Å². The van der Waals surface area contributed by atoms with Crippen LogP contribution in [-0.2, 0) is 5.75 Å². The fourth-order valence-electron chi connectivity index (χ4n) is 0.974. The van der Waals surface area contributed by atoms with Gasteiger partial charge in [-0.1, -0.05) is 42.1 Å². The van der Waals surface area contributed by atoms with Gasteiger partial charge in [0.25, 0.3) is 0 Å². The third-order valence-electron chi connectivity index (χ3n) is 1.64. The molecule has 0 spiro atoms. The fraction of sp³-hybridized carbons (Fsp3) is 0.300. The highest BCUT2D eigenvalue weighted by molar-refractivity contribution is 8.13. The number of rotatable bonds is 2. The fourth-order valence-corrected chi connectivity index (χ4v) is 1.74. The van der Waals surface area contributed by atoms with E-state index in [1.807, 2.05) is 13.1 Å². The molecule has 0 aliphatic heterocycles. The number of hydrogen-bond donors (Lipinski definition) is 1. The number of aliphatic imine (C=N–C) groups is 1. The molecular formula is C10H14N2S. The van der Waals surface area contributed by atoms with E-state index in [9.17, 15) is 0 Å². The third-order valence-corrected chi connectivity index (χ3v) is 2.77. The third kappa shape index (κ3) is 3.51. The Morgan fingerprint density at radius 2 is 2.08 bits per heavy atom. The SMILES string of the molecule is CN=C(NC)SCc1ccccc1. The zero-order valence-electron chi connectivity index (χ0n) is 7.95. The van der Waals surface area contributed by atoms with Crippen LogP contribution in [0.25, 0.3) is 0 Å². The van der Waals surface area contributed by atoms with Gasteiger partial charge in [-0.3, -0.25) is 4.99 Å². The maximum atomic E-state index is 4.09. The maximum Gasteiger partial charge on any atom is 0.156 e. The first kappa shape index (κ1) is 10.1. The molecule has 0 amide bonds. The van der Waals surface area contributed by atoms with Gasteiger partial charge < -0.3 is 5.32 Å². The summed E-state index contributed by atoms with van der Waals surface area (Å²) in [4.78, 5) is 4.09. The van der Waals surface area contributed by atoms with E-state index in [2.05, 4.69) is 34.6 Å². The average molecular weight is 194 g/mol. The normalized spacial score (nSPS) is 11.4. The summed E-state index contributed by atoms with van der Waals surface area (Å²) in [7, 11) is 3.68. The van der Waals surface area contributed by atoms with Gasteiger partial charge in [-0.2, -0.15) is 0 Å². The van der Waals surface area contributed by atoms with Crippen LogP contribution in [0.5, 0.6) is 0 Å². The first-order chi connectivity index (χ1) is 6.36. The summed E-state index contributed by atoms with van der Waals surface area (Å²) in [6, 6.07) is 10.4. The molecule has 0 atom stereocenters. The van der Waals surface area contributed by atoms with Crippen LogP contribution in [0.15, 0.2) is 35.3 Å². The highest BCUT2D eigenvalue weighted by atomic mass is 32.2. The summed E-state index contributed by atoms with van der Waals surface area (Å²) in [6.45, 7) is 0. The van der Waals surface area contributed by atoms with Crippen LogP contribution in [0.2, 0.25) is 0 Å². The second-order valence-electron chi connectivity index (χ2n) is 2.55. The van der Waals surface area contributed by atoms with Crippen LogP contribution < -0.4 is 5.32 Å². The van der Waals surface area contributed by atoms with Crippen LogP contribution in [-0.4, -0.2) is 19.3 Å². The quantitative estimate of drug-likeness (QED) is 0.576. The summed E-state index contributed by atoms with van der Waals surface area (Å²) < 4.78 is 0. The summed E-state index contributed by atoms with van der Waals surface area (Å²) in [5, 5.41) is 4.01. The van der Waals surface area contributed by atoms with E-state index in [-0.39, 0.29) is 0 Å². The van der Waals surface area contributed by atoms with E-state index < -0.39 is 0 Å². The molecule has 0 saturated heterocycles.